The molecule has 0 fully saturated rings. The summed E-state index contributed by atoms with van der Waals surface area (Å²) in [7, 11) is 4.79. The standard InChI is InChI=1S/C21H24O5/c1-21(2)12-17(15-8-6-14(24-4)11-19(15)26-21)20(22)16-9-7-13(23-3)10-18(16)25-5/h6-12,20,22H,1-5H3. The minimum atomic E-state index is -0.869. The number of ether oxygens (including phenoxy) is 4. The average Bonchev–Trinajstić information content (AvgIpc) is 2.64. The van der Waals surface area contributed by atoms with Crippen LogP contribution in [0.2, 0.25) is 0 Å². The van der Waals surface area contributed by atoms with E-state index in [4.69, 9.17) is 18.9 Å². The number of aliphatic hydroxyl groups excluding tert-OH is 1. The van der Waals surface area contributed by atoms with Crippen LogP contribution in [0, 0.1) is 0 Å². The topological polar surface area (TPSA) is 57.2 Å². The van der Waals surface area contributed by atoms with Crippen LogP contribution in [0.1, 0.15) is 31.1 Å². The molecule has 138 valence electrons. The normalized spacial score (nSPS) is 16.0. The van der Waals surface area contributed by atoms with Crippen molar-refractivity contribution in [2.75, 3.05) is 21.3 Å². The Bertz CT molecular complexity index is 838. The van der Waals surface area contributed by atoms with Gasteiger partial charge in [-0.3, -0.25) is 0 Å². The van der Waals surface area contributed by atoms with E-state index in [2.05, 4.69) is 0 Å². The first-order valence-electron chi connectivity index (χ1n) is 8.38. The van der Waals surface area contributed by atoms with Crippen LogP contribution in [0.25, 0.3) is 5.57 Å². The maximum atomic E-state index is 11.2. The van der Waals surface area contributed by atoms with Crippen LogP contribution < -0.4 is 18.9 Å². The van der Waals surface area contributed by atoms with Crippen molar-refractivity contribution in [2.24, 2.45) is 0 Å². The summed E-state index contributed by atoms with van der Waals surface area (Å²) >= 11 is 0. The fourth-order valence-corrected chi connectivity index (χ4v) is 3.16. The molecular formula is C21H24O5. The molecule has 0 aliphatic carbocycles. The first-order valence-corrected chi connectivity index (χ1v) is 8.38. The predicted molar refractivity (Wildman–Crippen MR) is 100 cm³/mol. The number of fused-ring (bicyclic) bond motifs is 1. The van der Waals surface area contributed by atoms with Crippen molar-refractivity contribution in [1.82, 2.24) is 0 Å². The van der Waals surface area contributed by atoms with Gasteiger partial charge in [0.15, 0.2) is 0 Å². The van der Waals surface area contributed by atoms with Crippen molar-refractivity contribution in [3.8, 4) is 23.0 Å². The molecule has 0 spiro atoms. The van der Waals surface area contributed by atoms with Gasteiger partial charge in [0, 0.05) is 23.3 Å². The first-order chi connectivity index (χ1) is 12.4. The minimum Gasteiger partial charge on any atom is -0.497 e. The van der Waals surface area contributed by atoms with Gasteiger partial charge in [0.2, 0.25) is 0 Å². The Kier molecular flexibility index (Phi) is 4.83. The molecule has 1 aliphatic heterocycles. The first kappa shape index (κ1) is 18.1. The summed E-state index contributed by atoms with van der Waals surface area (Å²) in [5, 5.41) is 11.2. The Labute approximate surface area is 153 Å². The van der Waals surface area contributed by atoms with Crippen molar-refractivity contribution >= 4 is 5.57 Å². The predicted octanol–water partition coefficient (Wildman–Crippen LogP) is 4.00. The van der Waals surface area contributed by atoms with Gasteiger partial charge in [-0.2, -0.15) is 0 Å². The zero-order valence-corrected chi connectivity index (χ0v) is 15.7. The summed E-state index contributed by atoms with van der Waals surface area (Å²) in [5.74, 6) is 2.62. The third-order valence-corrected chi connectivity index (χ3v) is 4.41. The highest BCUT2D eigenvalue weighted by Crippen LogP contribution is 2.45. The summed E-state index contributed by atoms with van der Waals surface area (Å²) in [6.07, 6.45) is 1.07. The number of rotatable bonds is 5. The molecule has 1 unspecified atom stereocenters. The van der Waals surface area contributed by atoms with Crippen LogP contribution >= 0.6 is 0 Å². The Morgan fingerprint density at radius 2 is 1.58 bits per heavy atom. The lowest BCUT2D eigenvalue weighted by Crippen LogP contribution is -2.30. The maximum Gasteiger partial charge on any atom is 0.131 e. The van der Waals surface area contributed by atoms with Crippen LogP contribution in [0.15, 0.2) is 42.5 Å². The monoisotopic (exact) mass is 356 g/mol. The van der Waals surface area contributed by atoms with Crippen molar-refractivity contribution in [3.63, 3.8) is 0 Å². The fourth-order valence-electron chi connectivity index (χ4n) is 3.16. The molecule has 5 nitrogen and oxygen atoms in total. The van der Waals surface area contributed by atoms with Crippen LogP contribution in [-0.2, 0) is 0 Å². The average molecular weight is 356 g/mol. The van der Waals surface area contributed by atoms with Crippen LogP contribution in [0.4, 0.5) is 0 Å². The van der Waals surface area contributed by atoms with E-state index in [0.29, 0.717) is 28.6 Å². The van der Waals surface area contributed by atoms with Crippen molar-refractivity contribution in [2.45, 2.75) is 25.6 Å². The Morgan fingerprint density at radius 3 is 2.23 bits per heavy atom. The third kappa shape index (κ3) is 3.35. The molecule has 3 rings (SSSR count). The molecule has 26 heavy (non-hydrogen) atoms. The number of benzene rings is 2. The molecule has 1 atom stereocenters. The zero-order chi connectivity index (χ0) is 18.9. The van der Waals surface area contributed by atoms with E-state index in [9.17, 15) is 5.11 Å². The summed E-state index contributed by atoms with van der Waals surface area (Å²) in [4.78, 5) is 0. The largest absolute Gasteiger partial charge is 0.497 e. The second-order valence-corrected chi connectivity index (χ2v) is 6.68. The summed E-state index contributed by atoms with van der Waals surface area (Å²) < 4.78 is 22.0. The third-order valence-electron chi connectivity index (χ3n) is 4.41. The summed E-state index contributed by atoms with van der Waals surface area (Å²) in [6.45, 7) is 3.90. The maximum absolute atomic E-state index is 11.2. The van der Waals surface area contributed by atoms with Crippen LogP contribution in [0.5, 0.6) is 23.0 Å². The number of aliphatic hydroxyl groups is 1. The van der Waals surface area contributed by atoms with E-state index in [-0.39, 0.29) is 0 Å². The van der Waals surface area contributed by atoms with E-state index in [1.165, 1.54) is 0 Å². The second kappa shape index (κ2) is 6.92. The Morgan fingerprint density at radius 1 is 0.923 bits per heavy atom. The SMILES string of the molecule is COc1ccc2c(c1)OC(C)(C)C=C2C(O)c1ccc(OC)cc1OC. The van der Waals surface area contributed by atoms with Gasteiger partial charge in [-0.25, -0.2) is 0 Å². The van der Waals surface area contributed by atoms with E-state index >= 15 is 0 Å². The van der Waals surface area contributed by atoms with Crippen molar-refractivity contribution in [1.29, 1.82) is 0 Å². The molecular weight excluding hydrogens is 332 g/mol. The van der Waals surface area contributed by atoms with E-state index in [0.717, 1.165) is 11.1 Å². The van der Waals surface area contributed by atoms with E-state index < -0.39 is 11.7 Å². The summed E-state index contributed by atoms with van der Waals surface area (Å²) in [6, 6.07) is 11.0. The van der Waals surface area contributed by atoms with Gasteiger partial charge < -0.3 is 24.1 Å². The van der Waals surface area contributed by atoms with Gasteiger partial charge >= 0.3 is 0 Å². The van der Waals surface area contributed by atoms with Gasteiger partial charge in [0.05, 0.1) is 21.3 Å². The summed E-state index contributed by atoms with van der Waals surface area (Å²) in [5.41, 5.74) is 1.70. The molecule has 5 heteroatoms. The quantitative estimate of drug-likeness (QED) is 0.877. The molecule has 2 aromatic carbocycles. The van der Waals surface area contributed by atoms with Gasteiger partial charge in [-0.05, 0) is 49.8 Å². The minimum absolute atomic E-state index is 0.560. The van der Waals surface area contributed by atoms with Crippen molar-refractivity contribution in [3.05, 3.63) is 53.6 Å². The lowest BCUT2D eigenvalue weighted by atomic mass is 9.88. The highest BCUT2D eigenvalue weighted by Gasteiger charge is 2.31. The van der Waals surface area contributed by atoms with Gasteiger partial charge in [-0.15, -0.1) is 0 Å². The lowest BCUT2D eigenvalue weighted by molar-refractivity contribution is 0.151. The van der Waals surface area contributed by atoms with Crippen LogP contribution in [-0.4, -0.2) is 32.0 Å². The highest BCUT2D eigenvalue weighted by molar-refractivity contribution is 5.78. The molecule has 0 saturated carbocycles. The number of hydrogen-bond acceptors (Lipinski definition) is 5. The number of hydrogen-bond donors (Lipinski definition) is 1. The van der Waals surface area contributed by atoms with Crippen LogP contribution in [0.3, 0.4) is 0 Å². The molecule has 0 amide bonds. The molecule has 0 aromatic heterocycles. The molecule has 0 radical (unpaired) electrons. The molecule has 2 aromatic rings. The van der Waals surface area contributed by atoms with E-state index in [1.54, 1.807) is 33.5 Å². The highest BCUT2D eigenvalue weighted by atomic mass is 16.5. The molecule has 1 N–H and O–H groups in total. The molecule has 1 aliphatic rings. The fraction of sp³-hybridized carbons (Fsp3) is 0.333. The second-order valence-electron chi connectivity index (χ2n) is 6.68. The number of methoxy groups -OCH3 is 3. The van der Waals surface area contributed by atoms with Gasteiger partial charge in [-0.1, -0.05) is 0 Å². The Balaban J connectivity index is 2.09. The molecule has 0 bridgehead atoms. The Hall–Kier alpha value is -2.66. The lowest BCUT2D eigenvalue weighted by Gasteiger charge is -2.33. The van der Waals surface area contributed by atoms with Gasteiger partial charge in [0.25, 0.3) is 0 Å². The molecule has 0 saturated heterocycles. The zero-order valence-electron chi connectivity index (χ0n) is 15.7. The van der Waals surface area contributed by atoms with E-state index in [1.807, 2.05) is 44.2 Å². The van der Waals surface area contributed by atoms with Gasteiger partial charge in [0.1, 0.15) is 34.7 Å². The smallest absolute Gasteiger partial charge is 0.131 e. The molecule has 1 heterocycles. The van der Waals surface area contributed by atoms with Crippen molar-refractivity contribution < 1.29 is 24.1 Å².